The van der Waals surface area contributed by atoms with Crippen LogP contribution < -0.4 is 4.74 Å². The first-order valence-electron chi connectivity index (χ1n) is 12.4. The Morgan fingerprint density at radius 1 is 0.879 bits per heavy atom. The first kappa shape index (κ1) is 26.8. The number of carbonyl (C=O) groups is 1. The summed E-state index contributed by atoms with van der Waals surface area (Å²) in [5.74, 6) is 0.0693. The van der Waals surface area contributed by atoms with Crippen molar-refractivity contribution in [2.75, 3.05) is 20.3 Å². The van der Waals surface area contributed by atoms with Gasteiger partial charge in [0.25, 0.3) is 0 Å². The Labute approximate surface area is 198 Å². The van der Waals surface area contributed by atoms with Gasteiger partial charge in [-0.25, -0.2) is 9.97 Å². The van der Waals surface area contributed by atoms with E-state index in [0.29, 0.717) is 24.4 Å². The predicted octanol–water partition coefficient (Wildman–Crippen LogP) is 6.65. The van der Waals surface area contributed by atoms with Crippen LogP contribution in [0.25, 0.3) is 11.4 Å². The van der Waals surface area contributed by atoms with Gasteiger partial charge in [0.15, 0.2) is 5.82 Å². The monoisotopic (exact) mass is 456 g/mol. The van der Waals surface area contributed by atoms with E-state index in [2.05, 4.69) is 16.9 Å². The summed E-state index contributed by atoms with van der Waals surface area (Å²) in [6, 6.07) is 7.73. The van der Waals surface area contributed by atoms with Gasteiger partial charge in [-0.2, -0.15) is 0 Å². The molecule has 1 heterocycles. The molecule has 1 unspecified atom stereocenters. The Balaban J connectivity index is 1.82. The molecule has 33 heavy (non-hydrogen) atoms. The molecule has 0 radical (unpaired) electrons. The number of methoxy groups -OCH3 is 1. The SMILES string of the molecule is CCCCCCCCC(C(=O)O)c1cnc(-c2ccc(OCCCCCCOC)cc2)nc1. The van der Waals surface area contributed by atoms with E-state index in [0.717, 1.165) is 56.4 Å². The Bertz CT molecular complexity index is 778. The van der Waals surface area contributed by atoms with Crippen LogP contribution in [0.15, 0.2) is 36.7 Å². The van der Waals surface area contributed by atoms with E-state index in [1.165, 1.54) is 25.7 Å². The summed E-state index contributed by atoms with van der Waals surface area (Å²) in [5.41, 5.74) is 1.56. The fourth-order valence-corrected chi connectivity index (χ4v) is 3.82. The lowest BCUT2D eigenvalue weighted by Crippen LogP contribution is -2.12. The zero-order valence-corrected chi connectivity index (χ0v) is 20.3. The van der Waals surface area contributed by atoms with Crippen LogP contribution in [0.5, 0.6) is 5.75 Å². The maximum atomic E-state index is 11.8. The molecule has 0 saturated heterocycles. The smallest absolute Gasteiger partial charge is 0.311 e. The van der Waals surface area contributed by atoms with Crippen molar-refractivity contribution in [1.29, 1.82) is 0 Å². The number of benzene rings is 1. The minimum absolute atomic E-state index is 0.546. The molecule has 0 bridgehead atoms. The molecule has 182 valence electrons. The number of carboxylic acids is 1. The molecule has 1 atom stereocenters. The van der Waals surface area contributed by atoms with Gasteiger partial charge < -0.3 is 14.6 Å². The highest BCUT2D eigenvalue weighted by atomic mass is 16.5. The van der Waals surface area contributed by atoms with E-state index in [1.807, 2.05) is 24.3 Å². The maximum Gasteiger partial charge on any atom is 0.311 e. The van der Waals surface area contributed by atoms with Gasteiger partial charge in [-0.1, -0.05) is 51.9 Å². The summed E-state index contributed by atoms with van der Waals surface area (Å²) in [7, 11) is 1.73. The average molecular weight is 457 g/mol. The summed E-state index contributed by atoms with van der Waals surface area (Å²) < 4.78 is 10.9. The zero-order valence-electron chi connectivity index (χ0n) is 20.3. The molecule has 6 nitrogen and oxygen atoms in total. The summed E-state index contributed by atoms with van der Waals surface area (Å²) in [5, 5.41) is 9.65. The molecule has 0 aliphatic heterocycles. The van der Waals surface area contributed by atoms with Crippen LogP contribution in [0.4, 0.5) is 0 Å². The minimum atomic E-state index is -0.805. The molecule has 0 amide bonds. The second-order valence-electron chi connectivity index (χ2n) is 8.57. The van der Waals surface area contributed by atoms with Crippen molar-refractivity contribution in [2.45, 2.75) is 83.5 Å². The van der Waals surface area contributed by atoms with Crippen molar-refractivity contribution in [3.05, 3.63) is 42.2 Å². The van der Waals surface area contributed by atoms with Gasteiger partial charge in [0, 0.05) is 37.2 Å². The number of ether oxygens (including phenoxy) is 2. The molecule has 1 N–H and O–H groups in total. The number of rotatable bonds is 18. The molecule has 0 aliphatic rings. The van der Waals surface area contributed by atoms with Crippen LogP contribution in [-0.4, -0.2) is 41.4 Å². The van der Waals surface area contributed by atoms with Crippen molar-refractivity contribution in [3.8, 4) is 17.1 Å². The van der Waals surface area contributed by atoms with Crippen molar-refractivity contribution in [2.24, 2.45) is 0 Å². The summed E-state index contributed by atoms with van der Waals surface area (Å²) in [4.78, 5) is 20.6. The van der Waals surface area contributed by atoms with E-state index in [-0.39, 0.29) is 0 Å². The van der Waals surface area contributed by atoms with Crippen molar-refractivity contribution >= 4 is 5.97 Å². The van der Waals surface area contributed by atoms with Gasteiger partial charge in [-0.05, 0) is 49.9 Å². The maximum absolute atomic E-state index is 11.8. The Morgan fingerprint density at radius 3 is 2.12 bits per heavy atom. The number of hydrogen-bond acceptors (Lipinski definition) is 5. The van der Waals surface area contributed by atoms with Crippen LogP contribution in [0.1, 0.15) is 89.0 Å². The van der Waals surface area contributed by atoms with E-state index >= 15 is 0 Å². The highest BCUT2D eigenvalue weighted by molar-refractivity contribution is 5.75. The Hall–Kier alpha value is -2.47. The molecule has 1 aromatic carbocycles. The fourth-order valence-electron chi connectivity index (χ4n) is 3.82. The zero-order chi connectivity index (χ0) is 23.7. The first-order chi connectivity index (χ1) is 16.2. The number of aromatic nitrogens is 2. The van der Waals surface area contributed by atoms with E-state index < -0.39 is 11.9 Å². The van der Waals surface area contributed by atoms with Crippen molar-refractivity contribution < 1.29 is 19.4 Å². The number of hydrogen-bond donors (Lipinski definition) is 1. The van der Waals surface area contributed by atoms with Crippen molar-refractivity contribution in [3.63, 3.8) is 0 Å². The molecule has 1 aromatic heterocycles. The van der Waals surface area contributed by atoms with Crippen LogP contribution in [0.3, 0.4) is 0 Å². The highest BCUT2D eigenvalue weighted by Gasteiger charge is 2.20. The standard InChI is InChI=1S/C27H40N2O4/c1-3-4-5-6-7-10-13-25(27(30)31)23-20-28-26(29-21-23)22-14-16-24(17-15-22)33-19-12-9-8-11-18-32-2/h14-17,20-21,25H,3-13,18-19H2,1-2H3,(H,30,31). The van der Waals surface area contributed by atoms with Gasteiger partial charge in [0.05, 0.1) is 12.5 Å². The lowest BCUT2D eigenvalue weighted by Gasteiger charge is -2.12. The fraction of sp³-hybridized carbons (Fsp3) is 0.593. The molecule has 0 saturated carbocycles. The highest BCUT2D eigenvalue weighted by Crippen LogP contribution is 2.25. The summed E-state index contributed by atoms with van der Waals surface area (Å²) in [6.45, 7) is 3.72. The topological polar surface area (TPSA) is 81.5 Å². The predicted molar refractivity (Wildman–Crippen MR) is 132 cm³/mol. The molecule has 2 rings (SSSR count). The lowest BCUT2D eigenvalue weighted by molar-refractivity contribution is -0.139. The van der Waals surface area contributed by atoms with Crippen molar-refractivity contribution in [1.82, 2.24) is 9.97 Å². The normalized spacial score (nSPS) is 11.9. The molecule has 2 aromatic rings. The molecular formula is C27H40N2O4. The van der Waals surface area contributed by atoms with Gasteiger partial charge in [0.2, 0.25) is 0 Å². The van der Waals surface area contributed by atoms with Gasteiger partial charge in [0.1, 0.15) is 5.75 Å². The molecular weight excluding hydrogens is 416 g/mol. The van der Waals surface area contributed by atoms with E-state index in [9.17, 15) is 9.90 Å². The second-order valence-corrected chi connectivity index (χ2v) is 8.57. The van der Waals surface area contributed by atoms with Gasteiger partial charge in [-0.15, -0.1) is 0 Å². The van der Waals surface area contributed by atoms with E-state index in [1.54, 1.807) is 19.5 Å². The third kappa shape index (κ3) is 10.3. The van der Waals surface area contributed by atoms with Crippen LogP contribution in [0.2, 0.25) is 0 Å². The third-order valence-corrected chi connectivity index (χ3v) is 5.84. The minimum Gasteiger partial charge on any atom is -0.494 e. The Kier molecular flexibility index (Phi) is 13.1. The van der Waals surface area contributed by atoms with E-state index in [4.69, 9.17) is 9.47 Å². The quantitative estimate of drug-likeness (QED) is 0.253. The van der Waals surface area contributed by atoms with Gasteiger partial charge >= 0.3 is 5.97 Å². The number of nitrogens with zero attached hydrogens (tertiary/aromatic N) is 2. The molecule has 0 aliphatic carbocycles. The first-order valence-corrected chi connectivity index (χ1v) is 12.4. The van der Waals surface area contributed by atoms with Crippen LogP contribution in [0, 0.1) is 0 Å². The summed E-state index contributed by atoms with van der Waals surface area (Å²) in [6.07, 6.45) is 15.2. The van der Waals surface area contributed by atoms with Crippen LogP contribution >= 0.6 is 0 Å². The molecule has 0 spiro atoms. The number of carboxylic acid groups (broad SMARTS) is 1. The van der Waals surface area contributed by atoms with Gasteiger partial charge in [-0.3, -0.25) is 4.79 Å². The second kappa shape index (κ2) is 16.2. The molecule has 0 fully saturated rings. The third-order valence-electron chi connectivity index (χ3n) is 5.84. The largest absolute Gasteiger partial charge is 0.494 e. The Morgan fingerprint density at radius 2 is 1.48 bits per heavy atom. The molecule has 6 heteroatoms. The number of unbranched alkanes of at least 4 members (excludes halogenated alkanes) is 8. The summed E-state index contributed by atoms with van der Waals surface area (Å²) >= 11 is 0. The number of aliphatic carboxylic acids is 1. The lowest BCUT2D eigenvalue weighted by atomic mass is 9.95. The average Bonchev–Trinajstić information content (AvgIpc) is 2.83. The van der Waals surface area contributed by atoms with Crippen LogP contribution in [-0.2, 0) is 9.53 Å².